The van der Waals surface area contributed by atoms with E-state index in [1.165, 1.54) is 23.1 Å². The van der Waals surface area contributed by atoms with E-state index < -0.39 is 10.8 Å². The standard InChI is InChI=1S/C19H17N3O6/c23-18-7-13(10-21(18)14-2-1-3-15(8-14)22(25)26)19(24)20-9-12-4-5-16-17(6-12)28-11-27-16/h1-6,8,13H,7,9-11H2,(H,20,24). The average molecular weight is 383 g/mol. The summed E-state index contributed by atoms with van der Waals surface area (Å²) in [6.07, 6.45) is 0.0651. The number of carbonyl (C=O) groups excluding carboxylic acids is 2. The second-order valence-corrected chi connectivity index (χ2v) is 6.59. The van der Waals surface area contributed by atoms with Crippen LogP contribution in [0, 0.1) is 16.0 Å². The molecular weight excluding hydrogens is 366 g/mol. The predicted molar refractivity (Wildman–Crippen MR) is 98.0 cm³/mol. The second-order valence-electron chi connectivity index (χ2n) is 6.59. The molecule has 1 atom stereocenters. The van der Waals surface area contributed by atoms with Crippen molar-refractivity contribution in [2.24, 2.45) is 5.92 Å². The van der Waals surface area contributed by atoms with Crippen LogP contribution < -0.4 is 19.7 Å². The lowest BCUT2D eigenvalue weighted by atomic mass is 10.1. The Kier molecular flexibility index (Phi) is 4.56. The summed E-state index contributed by atoms with van der Waals surface area (Å²) >= 11 is 0. The molecule has 4 rings (SSSR count). The van der Waals surface area contributed by atoms with Crippen LogP contribution in [0.2, 0.25) is 0 Å². The van der Waals surface area contributed by atoms with Gasteiger partial charge in [-0.1, -0.05) is 12.1 Å². The van der Waals surface area contributed by atoms with Gasteiger partial charge in [0.25, 0.3) is 5.69 Å². The summed E-state index contributed by atoms with van der Waals surface area (Å²) in [4.78, 5) is 36.6. The maximum atomic E-state index is 12.5. The van der Waals surface area contributed by atoms with Gasteiger partial charge < -0.3 is 19.7 Å². The molecule has 1 unspecified atom stereocenters. The Bertz CT molecular complexity index is 960. The third-order valence-electron chi connectivity index (χ3n) is 4.75. The Balaban J connectivity index is 1.39. The molecule has 2 aliphatic rings. The van der Waals surface area contributed by atoms with Crippen molar-refractivity contribution in [3.8, 4) is 11.5 Å². The summed E-state index contributed by atoms with van der Waals surface area (Å²) < 4.78 is 10.6. The van der Waals surface area contributed by atoms with Gasteiger partial charge >= 0.3 is 0 Å². The topological polar surface area (TPSA) is 111 Å². The third kappa shape index (κ3) is 3.46. The zero-order valence-corrected chi connectivity index (χ0v) is 14.8. The molecule has 2 heterocycles. The van der Waals surface area contributed by atoms with E-state index in [9.17, 15) is 19.7 Å². The van der Waals surface area contributed by atoms with E-state index >= 15 is 0 Å². The van der Waals surface area contributed by atoms with Gasteiger partial charge in [0, 0.05) is 31.6 Å². The van der Waals surface area contributed by atoms with Crippen molar-refractivity contribution in [3.05, 3.63) is 58.1 Å². The van der Waals surface area contributed by atoms with Crippen LogP contribution in [-0.2, 0) is 16.1 Å². The van der Waals surface area contributed by atoms with Crippen molar-refractivity contribution in [1.29, 1.82) is 0 Å². The molecular formula is C19H17N3O6. The molecule has 2 aromatic rings. The van der Waals surface area contributed by atoms with Crippen LogP contribution in [-0.4, -0.2) is 30.1 Å². The first-order chi connectivity index (χ1) is 13.5. The SMILES string of the molecule is O=C(NCc1ccc2c(c1)OCO2)C1CC(=O)N(c2cccc([N+](=O)[O-])c2)C1. The molecule has 28 heavy (non-hydrogen) atoms. The highest BCUT2D eigenvalue weighted by molar-refractivity contribution is 6.00. The molecule has 0 saturated carbocycles. The van der Waals surface area contributed by atoms with E-state index in [-0.39, 0.29) is 37.3 Å². The number of anilines is 1. The Labute approximate surface area is 160 Å². The minimum Gasteiger partial charge on any atom is -0.454 e. The van der Waals surface area contributed by atoms with Crippen LogP contribution in [0.25, 0.3) is 0 Å². The number of hydrogen-bond donors (Lipinski definition) is 1. The molecule has 0 aliphatic carbocycles. The van der Waals surface area contributed by atoms with Crippen molar-refractivity contribution < 1.29 is 24.0 Å². The van der Waals surface area contributed by atoms with Gasteiger partial charge in [0.15, 0.2) is 11.5 Å². The van der Waals surface area contributed by atoms with Crippen molar-refractivity contribution in [2.75, 3.05) is 18.2 Å². The first kappa shape index (κ1) is 17.8. The predicted octanol–water partition coefficient (Wildman–Crippen LogP) is 1.99. The van der Waals surface area contributed by atoms with Gasteiger partial charge in [-0.15, -0.1) is 0 Å². The number of nitro benzene ring substituents is 1. The van der Waals surface area contributed by atoms with E-state index in [1.54, 1.807) is 18.2 Å². The number of nitrogens with one attached hydrogen (secondary N) is 1. The average Bonchev–Trinajstić information content (AvgIpc) is 3.32. The number of fused-ring (bicyclic) bond motifs is 1. The number of hydrogen-bond acceptors (Lipinski definition) is 6. The van der Waals surface area contributed by atoms with Crippen molar-refractivity contribution in [2.45, 2.75) is 13.0 Å². The Morgan fingerprint density at radius 3 is 2.86 bits per heavy atom. The molecule has 1 saturated heterocycles. The minimum absolute atomic E-state index is 0.0651. The number of non-ortho nitro benzene ring substituents is 1. The summed E-state index contributed by atoms with van der Waals surface area (Å²) in [6, 6.07) is 11.3. The lowest BCUT2D eigenvalue weighted by Gasteiger charge is -2.16. The van der Waals surface area contributed by atoms with E-state index in [0.29, 0.717) is 23.7 Å². The fourth-order valence-corrected chi connectivity index (χ4v) is 3.29. The number of benzene rings is 2. The molecule has 2 amide bonds. The van der Waals surface area contributed by atoms with E-state index in [4.69, 9.17) is 9.47 Å². The van der Waals surface area contributed by atoms with Gasteiger partial charge in [-0.05, 0) is 23.8 Å². The highest BCUT2D eigenvalue weighted by atomic mass is 16.7. The number of nitro groups is 1. The number of ether oxygens (including phenoxy) is 2. The molecule has 144 valence electrons. The fraction of sp³-hybridized carbons (Fsp3) is 0.263. The number of carbonyl (C=O) groups is 2. The normalized spacial score (nSPS) is 17.6. The van der Waals surface area contributed by atoms with Crippen molar-refractivity contribution in [1.82, 2.24) is 5.32 Å². The molecule has 2 aliphatic heterocycles. The molecule has 2 aromatic carbocycles. The molecule has 0 radical (unpaired) electrons. The van der Waals surface area contributed by atoms with Gasteiger partial charge in [0.2, 0.25) is 18.6 Å². The van der Waals surface area contributed by atoms with Crippen LogP contribution in [0.5, 0.6) is 11.5 Å². The van der Waals surface area contributed by atoms with Crippen LogP contribution in [0.15, 0.2) is 42.5 Å². The molecule has 0 aromatic heterocycles. The Morgan fingerprint density at radius 2 is 2.04 bits per heavy atom. The molecule has 0 spiro atoms. The molecule has 0 bridgehead atoms. The third-order valence-corrected chi connectivity index (χ3v) is 4.75. The molecule has 1 N–H and O–H groups in total. The Hall–Kier alpha value is -3.62. The number of nitrogens with zero attached hydrogens (tertiary/aromatic N) is 2. The Morgan fingerprint density at radius 1 is 1.21 bits per heavy atom. The highest BCUT2D eigenvalue weighted by Crippen LogP contribution is 2.32. The summed E-state index contributed by atoms with van der Waals surface area (Å²) in [5.74, 6) is 0.326. The smallest absolute Gasteiger partial charge is 0.271 e. The zero-order valence-electron chi connectivity index (χ0n) is 14.8. The number of rotatable bonds is 5. The van der Waals surface area contributed by atoms with Crippen LogP contribution >= 0.6 is 0 Å². The highest BCUT2D eigenvalue weighted by Gasteiger charge is 2.35. The first-order valence-corrected chi connectivity index (χ1v) is 8.72. The summed E-state index contributed by atoms with van der Waals surface area (Å²) in [5, 5.41) is 13.8. The largest absolute Gasteiger partial charge is 0.454 e. The van der Waals surface area contributed by atoms with E-state index in [0.717, 1.165) is 5.56 Å². The maximum absolute atomic E-state index is 12.5. The fourth-order valence-electron chi connectivity index (χ4n) is 3.29. The van der Waals surface area contributed by atoms with Crippen LogP contribution in [0.4, 0.5) is 11.4 Å². The summed E-state index contributed by atoms with van der Waals surface area (Å²) in [6.45, 7) is 0.673. The second kappa shape index (κ2) is 7.18. The number of amides is 2. The van der Waals surface area contributed by atoms with Gasteiger partial charge in [-0.25, -0.2) is 0 Å². The van der Waals surface area contributed by atoms with Gasteiger partial charge in [-0.2, -0.15) is 0 Å². The molecule has 9 nitrogen and oxygen atoms in total. The summed E-state index contributed by atoms with van der Waals surface area (Å²) in [5.41, 5.74) is 1.18. The lowest BCUT2D eigenvalue weighted by Crippen LogP contribution is -2.32. The van der Waals surface area contributed by atoms with Crippen LogP contribution in [0.1, 0.15) is 12.0 Å². The zero-order chi connectivity index (χ0) is 19.7. The van der Waals surface area contributed by atoms with Gasteiger partial charge in [0.05, 0.1) is 16.5 Å². The van der Waals surface area contributed by atoms with E-state index in [2.05, 4.69) is 5.32 Å². The van der Waals surface area contributed by atoms with Crippen molar-refractivity contribution >= 4 is 23.2 Å². The van der Waals surface area contributed by atoms with Crippen LogP contribution in [0.3, 0.4) is 0 Å². The minimum atomic E-state index is -0.514. The van der Waals surface area contributed by atoms with Gasteiger partial charge in [-0.3, -0.25) is 19.7 Å². The lowest BCUT2D eigenvalue weighted by molar-refractivity contribution is -0.384. The summed E-state index contributed by atoms with van der Waals surface area (Å²) in [7, 11) is 0. The van der Waals surface area contributed by atoms with E-state index in [1.807, 2.05) is 6.07 Å². The maximum Gasteiger partial charge on any atom is 0.271 e. The first-order valence-electron chi connectivity index (χ1n) is 8.72. The molecule has 1 fully saturated rings. The monoisotopic (exact) mass is 383 g/mol. The quantitative estimate of drug-likeness (QED) is 0.624. The molecule has 9 heteroatoms. The van der Waals surface area contributed by atoms with Crippen molar-refractivity contribution in [3.63, 3.8) is 0 Å². The van der Waals surface area contributed by atoms with Gasteiger partial charge in [0.1, 0.15) is 0 Å².